The third kappa shape index (κ3) is 4.72. The van der Waals surface area contributed by atoms with Gasteiger partial charge in [0.1, 0.15) is 5.75 Å². The number of rotatable bonds is 3. The highest BCUT2D eigenvalue weighted by molar-refractivity contribution is 9.11. The van der Waals surface area contributed by atoms with E-state index in [1.54, 1.807) is 24.3 Å². The Balaban J connectivity index is 1.62. The fraction of sp³-hybridized carbons (Fsp3) is 0. The molecule has 0 aliphatic rings. The van der Waals surface area contributed by atoms with Gasteiger partial charge in [0, 0.05) is 5.69 Å². The lowest BCUT2D eigenvalue weighted by molar-refractivity contribution is -0.136. The average Bonchev–Trinajstić information content (AvgIpc) is 2.65. The number of benzene rings is 3. The summed E-state index contributed by atoms with van der Waals surface area (Å²) in [6, 6.07) is 16.3. The fourth-order valence-corrected chi connectivity index (χ4v) is 3.55. The molecule has 27 heavy (non-hydrogen) atoms. The van der Waals surface area contributed by atoms with Crippen molar-refractivity contribution in [2.75, 3.05) is 5.32 Å². The number of anilines is 1. The third-order valence-corrected chi connectivity index (χ3v) is 4.84. The molecule has 136 valence electrons. The zero-order valence-corrected chi connectivity index (χ0v) is 16.9. The van der Waals surface area contributed by atoms with Gasteiger partial charge >= 0.3 is 11.8 Å². The highest BCUT2D eigenvalue weighted by atomic mass is 79.9. The first kappa shape index (κ1) is 19.1. The Hall–Kier alpha value is -2.71. The molecule has 0 atom stereocenters. The van der Waals surface area contributed by atoms with Crippen LogP contribution in [0, 0.1) is 0 Å². The first-order valence-electron chi connectivity index (χ1n) is 7.75. The average molecular weight is 491 g/mol. The Morgan fingerprint density at radius 2 is 1.59 bits per heavy atom. The lowest BCUT2D eigenvalue weighted by Crippen LogP contribution is -2.32. The van der Waals surface area contributed by atoms with Crippen molar-refractivity contribution in [3.63, 3.8) is 0 Å². The number of carbonyl (C=O) groups excluding carboxylic acids is 2. The zero-order valence-electron chi connectivity index (χ0n) is 13.7. The fourth-order valence-electron chi connectivity index (χ4n) is 2.33. The minimum atomic E-state index is -0.892. The molecule has 0 aromatic heterocycles. The Labute approximate surface area is 171 Å². The van der Waals surface area contributed by atoms with Crippen LogP contribution in [0.5, 0.6) is 5.75 Å². The van der Waals surface area contributed by atoms with Crippen LogP contribution in [0.4, 0.5) is 5.69 Å². The summed E-state index contributed by atoms with van der Waals surface area (Å²) in [6.07, 6.45) is 1.36. The summed E-state index contributed by atoms with van der Waals surface area (Å²) in [5, 5.41) is 17.9. The molecule has 3 rings (SSSR count). The SMILES string of the molecule is O=C(NN=Cc1cc(Br)c(O)c(Br)c1)C(=O)Nc1ccc2ccccc2c1. The van der Waals surface area contributed by atoms with E-state index in [1.165, 1.54) is 6.21 Å². The van der Waals surface area contributed by atoms with E-state index >= 15 is 0 Å². The van der Waals surface area contributed by atoms with Crippen LogP contribution >= 0.6 is 31.9 Å². The number of hydrazone groups is 1. The molecule has 3 aromatic carbocycles. The number of carbonyl (C=O) groups is 2. The van der Waals surface area contributed by atoms with Gasteiger partial charge in [0.15, 0.2) is 0 Å². The molecule has 0 radical (unpaired) electrons. The molecule has 0 aliphatic heterocycles. The Morgan fingerprint density at radius 1 is 0.926 bits per heavy atom. The number of aromatic hydroxyl groups is 1. The molecular formula is C19H13Br2N3O3. The van der Waals surface area contributed by atoms with Crippen molar-refractivity contribution in [1.82, 2.24) is 5.43 Å². The van der Waals surface area contributed by atoms with Crippen LogP contribution in [0.15, 0.2) is 68.6 Å². The second kappa shape index (κ2) is 8.32. The second-order valence-corrected chi connectivity index (χ2v) is 7.26. The Morgan fingerprint density at radius 3 is 2.30 bits per heavy atom. The van der Waals surface area contributed by atoms with Crippen molar-refractivity contribution >= 4 is 66.3 Å². The van der Waals surface area contributed by atoms with Crippen molar-refractivity contribution < 1.29 is 14.7 Å². The van der Waals surface area contributed by atoms with Gasteiger partial charge in [0.2, 0.25) is 0 Å². The number of phenols is 1. The number of amides is 2. The number of fused-ring (bicyclic) bond motifs is 1. The minimum absolute atomic E-state index is 0.0611. The lowest BCUT2D eigenvalue weighted by Gasteiger charge is -2.05. The molecule has 0 spiro atoms. The number of hydrogen-bond acceptors (Lipinski definition) is 4. The summed E-state index contributed by atoms with van der Waals surface area (Å²) in [7, 11) is 0. The van der Waals surface area contributed by atoms with Crippen LogP contribution < -0.4 is 10.7 Å². The molecule has 2 amide bonds. The van der Waals surface area contributed by atoms with Crippen LogP contribution in [0.1, 0.15) is 5.56 Å². The van der Waals surface area contributed by atoms with Gasteiger partial charge in [-0.3, -0.25) is 9.59 Å². The third-order valence-electron chi connectivity index (χ3n) is 3.63. The maximum absolute atomic E-state index is 12.0. The van der Waals surface area contributed by atoms with Crippen LogP contribution in [-0.4, -0.2) is 23.1 Å². The van der Waals surface area contributed by atoms with Crippen molar-refractivity contribution in [3.05, 3.63) is 69.1 Å². The molecule has 0 saturated carbocycles. The molecule has 0 fully saturated rings. The summed E-state index contributed by atoms with van der Waals surface area (Å²) in [5.41, 5.74) is 3.30. The predicted molar refractivity (Wildman–Crippen MR) is 112 cm³/mol. The van der Waals surface area contributed by atoms with Gasteiger partial charge < -0.3 is 10.4 Å². The molecule has 3 N–H and O–H groups in total. The van der Waals surface area contributed by atoms with E-state index in [0.717, 1.165) is 10.8 Å². The lowest BCUT2D eigenvalue weighted by atomic mass is 10.1. The van der Waals surface area contributed by atoms with E-state index in [4.69, 9.17) is 0 Å². The first-order valence-corrected chi connectivity index (χ1v) is 9.34. The molecule has 0 aliphatic carbocycles. The second-order valence-electron chi connectivity index (χ2n) is 5.55. The number of phenolic OH excluding ortho intramolecular Hbond substituents is 1. The molecule has 6 nitrogen and oxygen atoms in total. The topological polar surface area (TPSA) is 90.8 Å². The summed E-state index contributed by atoms with van der Waals surface area (Å²) in [4.78, 5) is 23.9. The maximum Gasteiger partial charge on any atom is 0.329 e. The van der Waals surface area contributed by atoms with E-state index in [0.29, 0.717) is 20.2 Å². The highest BCUT2D eigenvalue weighted by Gasteiger charge is 2.13. The smallest absolute Gasteiger partial charge is 0.329 e. The standard InChI is InChI=1S/C19H13Br2N3O3/c20-15-7-11(8-16(21)17(15)25)10-22-24-19(27)18(26)23-14-6-5-12-3-1-2-4-13(12)9-14/h1-10,25H,(H,23,26)(H,24,27). The van der Waals surface area contributed by atoms with Gasteiger partial charge in [0.05, 0.1) is 15.2 Å². The summed E-state index contributed by atoms with van der Waals surface area (Å²) in [5.74, 6) is -1.65. The monoisotopic (exact) mass is 489 g/mol. The molecule has 3 aromatic rings. The van der Waals surface area contributed by atoms with Gasteiger partial charge in [-0.15, -0.1) is 0 Å². The van der Waals surface area contributed by atoms with Gasteiger partial charge in [-0.2, -0.15) is 5.10 Å². The Kier molecular flexibility index (Phi) is 5.88. The Bertz CT molecular complexity index is 1040. The molecule has 0 saturated heterocycles. The van der Waals surface area contributed by atoms with Crippen molar-refractivity contribution in [2.45, 2.75) is 0 Å². The molecular weight excluding hydrogens is 478 g/mol. The highest BCUT2D eigenvalue weighted by Crippen LogP contribution is 2.32. The summed E-state index contributed by atoms with van der Waals surface area (Å²) < 4.78 is 0.942. The predicted octanol–water partition coefficient (Wildman–Crippen LogP) is 4.16. The summed E-state index contributed by atoms with van der Waals surface area (Å²) in [6.45, 7) is 0. The van der Waals surface area contributed by atoms with E-state index in [1.807, 2.05) is 30.3 Å². The van der Waals surface area contributed by atoms with Crippen molar-refractivity contribution in [3.8, 4) is 5.75 Å². The number of nitrogens with zero attached hydrogens (tertiary/aromatic N) is 1. The van der Waals surface area contributed by atoms with Crippen LogP contribution in [0.2, 0.25) is 0 Å². The maximum atomic E-state index is 12.0. The van der Waals surface area contributed by atoms with E-state index in [-0.39, 0.29) is 5.75 Å². The first-order chi connectivity index (χ1) is 12.9. The van der Waals surface area contributed by atoms with Gasteiger partial charge in [0.25, 0.3) is 0 Å². The van der Waals surface area contributed by atoms with Gasteiger partial charge in [-0.05, 0) is 72.5 Å². The van der Waals surface area contributed by atoms with Crippen molar-refractivity contribution in [1.29, 1.82) is 0 Å². The van der Waals surface area contributed by atoms with Gasteiger partial charge in [-0.1, -0.05) is 30.3 Å². The van der Waals surface area contributed by atoms with E-state index in [2.05, 4.69) is 47.7 Å². The van der Waals surface area contributed by atoms with E-state index < -0.39 is 11.8 Å². The quantitative estimate of drug-likeness (QED) is 0.292. The van der Waals surface area contributed by atoms with Crippen LogP contribution in [-0.2, 0) is 9.59 Å². The normalized spacial score (nSPS) is 10.9. The number of nitrogens with one attached hydrogen (secondary N) is 2. The van der Waals surface area contributed by atoms with Crippen LogP contribution in [0.3, 0.4) is 0 Å². The summed E-state index contributed by atoms with van der Waals surface area (Å²) >= 11 is 6.40. The molecule has 0 bridgehead atoms. The number of halogens is 2. The number of hydrogen-bond donors (Lipinski definition) is 3. The van der Waals surface area contributed by atoms with Gasteiger partial charge in [-0.25, -0.2) is 5.43 Å². The molecule has 0 unspecified atom stereocenters. The van der Waals surface area contributed by atoms with Crippen molar-refractivity contribution in [2.24, 2.45) is 5.10 Å². The minimum Gasteiger partial charge on any atom is -0.506 e. The molecule has 8 heteroatoms. The zero-order chi connectivity index (χ0) is 19.4. The van der Waals surface area contributed by atoms with E-state index in [9.17, 15) is 14.7 Å². The largest absolute Gasteiger partial charge is 0.506 e. The van der Waals surface area contributed by atoms with Crippen LogP contribution in [0.25, 0.3) is 10.8 Å². The molecule has 0 heterocycles.